The van der Waals surface area contributed by atoms with Gasteiger partial charge in [-0.2, -0.15) is 0 Å². The Hall–Kier alpha value is -2.04. The highest BCUT2D eigenvalue weighted by molar-refractivity contribution is 6.30. The number of hydrogen-bond donors (Lipinski definition) is 1. The zero-order valence-electron chi connectivity index (χ0n) is 13.2. The molecule has 2 aromatic rings. The van der Waals surface area contributed by atoms with Crippen molar-refractivity contribution in [1.82, 2.24) is 4.90 Å². The average Bonchev–Trinajstić information content (AvgIpc) is 2.56. The van der Waals surface area contributed by atoms with Crippen LogP contribution in [0.1, 0.15) is 25.0 Å². The molecule has 1 aliphatic heterocycles. The van der Waals surface area contributed by atoms with E-state index in [0.29, 0.717) is 18.2 Å². The van der Waals surface area contributed by atoms with Crippen LogP contribution in [0.25, 0.3) is 0 Å². The molecule has 23 heavy (non-hydrogen) atoms. The van der Waals surface area contributed by atoms with Gasteiger partial charge in [-0.05, 0) is 32.0 Å². The first kappa shape index (κ1) is 15.8. The third kappa shape index (κ3) is 2.48. The van der Waals surface area contributed by atoms with Crippen molar-refractivity contribution in [2.45, 2.75) is 19.6 Å². The predicted octanol–water partition coefficient (Wildman–Crippen LogP) is 4.45. The van der Waals surface area contributed by atoms with E-state index in [-0.39, 0.29) is 6.03 Å². The lowest BCUT2D eigenvalue weighted by atomic mass is 9.89. The van der Waals surface area contributed by atoms with Crippen LogP contribution >= 0.6 is 11.6 Å². The van der Waals surface area contributed by atoms with Crippen LogP contribution in [0, 0.1) is 0 Å². The zero-order valence-corrected chi connectivity index (χ0v) is 13.9. The molecular weight excluding hydrogens is 312 g/mol. The van der Waals surface area contributed by atoms with E-state index in [1.807, 2.05) is 56.3 Å². The predicted molar refractivity (Wildman–Crippen MR) is 91.7 cm³/mol. The van der Waals surface area contributed by atoms with Gasteiger partial charge >= 0.3 is 6.03 Å². The molecule has 2 amide bonds. The Morgan fingerprint density at radius 2 is 1.91 bits per heavy atom. The second kappa shape index (κ2) is 6.22. The fourth-order valence-electron chi connectivity index (χ4n) is 3.17. The summed E-state index contributed by atoms with van der Waals surface area (Å²) in [5.41, 5.74) is 1.50. The van der Waals surface area contributed by atoms with Gasteiger partial charge in [-0.15, -0.1) is 0 Å². The standard InChI is InChI=1S/C18H19ClN2O2/c1-3-21-17(22)20-16-11-10-14(19)12-15(16)18(21,23-4-2)13-8-6-5-7-9-13/h5-12H,3-4H2,1-2H3,(H,20,22). The summed E-state index contributed by atoms with van der Waals surface area (Å²) in [6.45, 7) is 4.83. The van der Waals surface area contributed by atoms with Crippen molar-refractivity contribution >= 4 is 23.3 Å². The fourth-order valence-corrected chi connectivity index (χ4v) is 3.34. The van der Waals surface area contributed by atoms with Gasteiger partial charge < -0.3 is 10.1 Å². The van der Waals surface area contributed by atoms with Gasteiger partial charge in [0.25, 0.3) is 0 Å². The third-order valence-electron chi connectivity index (χ3n) is 4.05. The number of rotatable bonds is 4. The van der Waals surface area contributed by atoms with E-state index in [1.54, 1.807) is 11.0 Å². The highest BCUT2D eigenvalue weighted by Crippen LogP contribution is 2.45. The van der Waals surface area contributed by atoms with Crippen LogP contribution in [0.15, 0.2) is 48.5 Å². The minimum atomic E-state index is -0.979. The molecule has 120 valence electrons. The molecule has 0 bridgehead atoms. The normalized spacial score (nSPS) is 20.1. The van der Waals surface area contributed by atoms with Crippen LogP contribution in [-0.2, 0) is 10.5 Å². The summed E-state index contributed by atoms with van der Waals surface area (Å²) in [5, 5.41) is 3.53. The maximum absolute atomic E-state index is 12.6. The maximum Gasteiger partial charge on any atom is 0.324 e. The molecule has 0 fully saturated rings. The molecule has 1 unspecified atom stereocenters. The number of nitrogens with zero attached hydrogens (tertiary/aromatic N) is 1. The van der Waals surface area contributed by atoms with Crippen LogP contribution in [0.2, 0.25) is 5.02 Å². The number of ether oxygens (including phenoxy) is 1. The smallest absolute Gasteiger partial charge is 0.324 e. The average molecular weight is 331 g/mol. The summed E-state index contributed by atoms with van der Waals surface area (Å²) >= 11 is 6.23. The van der Waals surface area contributed by atoms with E-state index in [4.69, 9.17) is 16.3 Å². The van der Waals surface area contributed by atoms with Crippen LogP contribution in [0.4, 0.5) is 10.5 Å². The molecule has 4 nitrogen and oxygen atoms in total. The summed E-state index contributed by atoms with van der Waals surface area (Å²) in [4.78, 5) is 14.3. The highest BCUT2D eigenvalue weighted by Gasteiger charge is 2.48. The molecule has 0 aliphatic carbocycles. The topological polar surface area (TPSA) is 41.6 Å². The Kier molecular flexibility index (Phi) is 4.28. The Bertz CT molecular complexity index is 720. The number of urea groups is 1. The van der Waals surface area contributed by atoms with Crippen molar-refractivity contribution in [2.75, 3.05) is 18.5 Å². The van der Waals surface area contributed by atoms with Crippen molar-refractivity contribution in [1.29, 1.82) is 0 Å². The molecule has 1 heterocycles. The van der Waals surface area contributed by atoms with E-state index >= 15 is 0 Å². The first-order valence-electron chi connectivity index (χ1n) is 7.71. The molecule has 0 saturated heterocycles. The molecule has 0 saturated carbocycles. The summed E-state index contributed by atoms with van der Waals surface area (Å²) in [5.74, 6) is 0. The molecule has 1 aliphatic rings. The van der Waals surface area contributed by atoms with E-state index < -0.39 is 5.72 Å². The van der Waals surface area contributed by atoms with Crippen molar-refractivity contribution in [3.63, 3.8) is 0 Å². The molecule has 3 rings (SSSR count). The first-order chi connectivity index (χ1) is 11.1. The summed E-state index contributed by atoms with van der Waals surface area (Å²) in [6.07, 6.45) is 0. The number of halogens is 1. The number of amides is 2. The first-order valence-corrected chi connectivity index (χ1v) is 8.09. The van der Waals surface area contributed by atoms with Crippen LogP contribution in [0.5, 0.6) is 0 Å². The summed E-state index contributed by atoms with van der Waals surface area (Å²) in [7, 11) is 0. The highest BCUT2D eigenvalue weighted by atomic mass is 35.5. The molecule has 1 N–H and O–H groups in total. The van der Waals surface area contributed by atoms with Gasteiger partial charge in [0.15, 0.2) is 5.72 Å². The number of nitrogens with one attached hydrogen (secondary N) is 1. The van der Waals surface area contributed by atoms with Crippen molar-refractivity contribution < 1.29 is 9.53 Å². The van der Waals surface area contributed by atoms with Crippen molar-refractivity contribution in [3.8, 4) is 0 Å². The van der Waals surface area contributed by atoms with Gasteiger partial charge in [-0.3, -0.25) is 4.90 Å². The van der Waals surface area contributed by atoms with Crippen LogP contribution in [0.3, 0.4) is 0 Å². The number of carbonyl (C=O) groups excluding carboxylic acids is 1. The Balaban J connectivity index is 2.33. The molecule has 2 aromatic carbocycles. The van der Waals surface area contributed by atoms with Gasteiger partial charge in [-0.1, -0.05) is 41.9 Å². The third-order valence-corrected chi connectivity index (χ3v) is 4.28. The molecule has 0 spiro atoms. The van der Waals surface area contributed by atoms with Gasteiger partial charge in [0.2, 0.25) is 0 Å². The van der Waals surface area contributed by atoms with Crippen molar-refractivity contribution in [2.24, 2.45) is 0 Å². The molecule has 0 radical (unpaired) electrons. The quantitative estimate of drug-likeness (QED) is 0.900. The second-order valence-electron chi connectivity index (χ2n) is 5.31. The number of hydrogen-bond acceptors (Lipinski definition) is 2. The number of anilines is 1. The Morgan fingerprint density at radius 1 is 1.17 bits per heavy atom. The van der Waals surface area contributed by atoms with Crippen LogP contribution < -0.4 is 5.32 Å². The SMILES string of the molecule is CCOC1(c2ccccc2)c2cc(Cl)ccc2NC(=O)N1CC. The van der Waals surface area contributed by atoms with E-state index in [1.165, 1.54) is 0 Å². The summed E-state index contributed by atoms with van der Waals surface area (Å²) in [6, 6.07) is 15.1. The Morgan fingerprint density at radius 3 is 2.57 bits per heavy atom. The molecule has 1 atom stereocenters. The van der Waals surface area contributed by atoms with Gasteiger partial charge in [0.05, 0.1) is 5.69 Å². The number of benzene rings is 2. The maximum atomic E-state index is 12.6. The van der Waals surface area contributed by atoms with Crippen LogP contribution in [-0.4, -0.2) is 24.1 Å². The lowest BCUT2D eigenvalue weighted by molar-refractivity contribution is -0.106. The largest absolute Gasteiger partial charge is 0.347 e. The molecular formula is C18H19ClN2O2. The second-order valence-corrected chi connectivity index (χ2v) is 5.74. The monoisotopic (exact) mass is 330 g/mol. The van der Waals surface area contributed by atoms with E-state index in [2.05, 4.69) is 5.32 Å². The summed E-state index contributed by atoms with van der Waals surface area (Å²) < 4.78 is 6.22. The van der Waals surface area contributed by atoms with Gasteiger partial charge in [0.1, 0.15) is 0 Å². The molecule has 5 heteroatoms. The van der Waals surface area contributed by atoms with Crippen molar-refractivity contribution in [3.05, 3.63) is 64.7 Å². The molecule has 0 aromatic heterocycles. The van der Waals surface area contributed by atoms with E-state index in [0.717, 1.165) is 16.8 Å². The Labute approximate surface area is 141 Å². The minimum absolute atomic E-state index is 0.181. The fraction of sp³-hybridized carbons (Fsp3) is 0.278. The van der Waals surface area contributed by atoms with Gasteiger partial charge in [0, 0.05) is 29.3 Å². The minimum Gasteiger partial charge on any atom is -0.347 e. The lowest BCUT2D eigenvalue weighted by Crippen LogP contribution is -2.56. The zero-order chi connectivity index (χ0) is 16.4. The number of carbonyl (C=O) groups is 1. The van der Waals surface area contributed by atoms with E-state index in [9.17, 15) is 4.79 Å². The van der Waals surface area contributed by atoms with Gasteiger partial charge in [-0.25, -0.2) is 4.79 Å². The lowest BCUT2D eigenvalue weighted by Gasteiger charge is -2.47. The number of fused-ring (bicyclic) bond motifs is 1.